The van der Waals surface area contributed by atoms with Crippen LogP contribution in [-0.4, -0.2) is 14.8 Å². The summed E-state index contributed by atoms with van der Waals surface area (Å²) >= 11 is 0. The molecule has 2 N–H and O–H groups in total. The number of aromatic nitrogens is 3. The zero-order valence-corrected chi connectivity index (χ0v) is 11.0. The van der Waals surface area contributed by atoms with Crippen LogP contribution in [0.4, 0.5) is 5.69 Å². The average Bonchev–Trinajstić information content (AvgIpc) is 2.78. The molecule has 0 amide bonds. The van der Waals surface area contributed by atoms with Crippen LogP contribution in [0.5, 0.6) is 0 Å². The van der Waals surface area contributed by atoms with Crippen molar-refractivity contribution < 1.29 is 0 Å². The summed E-state index contributed by atoms with van der Waals surface area (Å²) in [5.74, 6) is 1.50. The number of rotatable bonds is 5. The molecule has 0 aliphatic rings. The first-order chi connectivity index (χ1) is 8.65. The van der Waals surface area contributed by atoms with E-state index in [0.717, 1.165) is 36.0 Å². The summed E-state index contributed by atoms with van der Waals surface area (Å²) in [5.41, 5.74) is 7.42. The molecule has 0 atom stereocenters. The number of hydrogen-bond donors (Lipinski definition) is 1. The highest BCUT2D eigenvalue weighted by molar-refractivity contribution is 5.57. The Labute approximate surface area is 108 Å². The molecule has 0 saturated carbocycles. The van der Waals surface area contributed by atoms with Crippen molar-refractivity contribution in [1.29, 1.82) is 0 Å². The Bertz CT molecular complexity index is 485. The Morgan fingerprint density at radius 1 is 1.22 bits per heavy atom. The second-order valence-electron chi connectivity index (χ2n) is 4.99. The van der Waals surface area contributed by atoms with Gasteiger partial charge < -0.3 is 5.73 Å². The van der Waals surface area contributed by atoms with Crippen LogP contribution in [0, 0.1) is 5.92 Å². The fourth-order valence-electron chi connectivity index (χ4n) is 1.83. The summed E-state index contributed by atoms with van der Waals surface area (Å²) in [5, 5.41) is 4.47. The normalized spacial score (nSPS) is 11.1. The van der Waals surface area contributed by atoms with E-state index in [4.69, 9.17) is 5.73 Å². The summed E-state index contributed by atoms with van der Waals surface area (Å²) in [7, 11) is 0. The molecule has 2 aromatic rings. The van der Waals surface area contributed by atoms with Gasteiger partial charge in [0.05, 0.1) is 0 Å². The van der Waals surface area contributed by atoms with Gasteiger partial charge in [0.1, 0.15) is 6.33 Å². The van der Waals surface area contributed by atoms with E-state index in [1.165, 1.54) is 6.42 Å². The Morgan fingerprint density at radius 2 is 1.94 bits per heavy atom. The first kappa shape index (κ1) is 12.6. The lowest BCUT2D eigenvalue weighted by Crippen LogP contribution is -2.00. The minimum Gasteiger partial charge on any atom is -0.399 e. The van der Waals surface area contributed by atoms with Gasteiger partial charge in [0.15, 0.2) is 5.82 Å². The Balaban J connectivity index is 1.99. The molecular formula is C14H20N4. The van der Waals surface area contributed by atoms with Crippen molar-refractivity contribution in [2.24, 2.45) is 5.92 Å². The molecule has 4 heteroatoms. The van der Waals surface area contributed by atoms with Gasteiger partial charge >= 0.3 is 0 Å². The molecule has 0 radical (unpaired) electrons. The zero-order valence-electron chi connectivity index (χ0n) is 11.0. The van der Waals surface area contributed by atoms with Gasteiger partial charge in [-0.15, -0.1) is 0 Å². The van der Waals surface area contributed by atoms with E-state index < -0.39 is 0 Å². The Morgan fingerprint density at radius 3 is 2.61 bits per heavy atom. The van der Waals surface area contributed by atoms with Crippen LogP contribution in [0.3, 0.4) is 0 Å². The number of nitrogens with zero attached hydrogens (tertiary/aromatic N) is 3. The van der Waals surface area contributed by atoms with Crippen molar-refractivity contribution >= 4 is 5.69 Å². The number of benzene rings is 1. The lowest BCUT2D eigenvalue weighted by Gasteiger charge is -2.03. The molecular weight excluding hydrogens is 224 g/mol. The molecule has 0 aliphatic heterocycles. The van der Waals surface area contributed by atoms with Crippen molar-refractivity contribution in [3.8, 4) is 11.4 Å². The van der Waals surface area contributed by atoms with E-state index in [1.54, 1.807) is 6.33 Å². The molecule has 1 heterocycles. The maximum absolute atomic E-state index is 5.66. The summed E-state index contributed by atoms with van der Waals surface area (Å²) in [6.45, 7) is 5.41. The van der Waals surface area contributed by atoms with Crippen LogP contribution in [-0.2, 0) is 6.54 Å². The van der Waals surface area contributed by atoms with Crippen LogP contribution >= 0.6 is 0 Å². The molecule has 1 aromatic heterocycles. The molecule has 18 heavy (non-hydrogen) atoms. The summed E-state index contributed by atoms with van der Waals surface area (Å²) in [6.07, 6.45) is 4.16. The molecule has 0 bridgehead atoms. The molecule has 0 spiro atoms. The third-order valence-electron chi connectivity index (χ3n) is 2.87. The van der Waals surface area contributed by atoms with Gasteiger partial charge in [-0.3, -0.25) is 4.68 Å². The number of nitrogens with two attached hydrogens (primary N) is 1. The van der Waals surface area contributed by atoms with Crippen molar-refractivity contribution in [3.63, 3.8) is 0 Å². The molecule has 0 saturated heterocycles. The van der Waals surface area contributed by atoms with Crippen LogP contribution in [0.2, 0.25) is 0 Å². The quantitative estimate of drug-likeness (QED) is 0.823. The van der Waals surface area contributed by atoms with Crippen molar-refractivity contribution in [1.82, 2.24) is 14.8 Å². The summed E-state index contributed by atoms with van der Waals surface area (Å²) < 4.78 is 1.91. The smallest absolute Gasteiger partial charge is 0.181 e. The topological polar surface area (TPSA) is 56.7 Å². The van der Waals surface area contributed by atoms with Gasteiger partial charge in [0, 0.05) is 17.8 Å². The fourth-order valence-corrected chi connectivity index (χ4v) is 1.83. The number of anilines is 1. The average molecular weight is 244 g/mol. The minimum atomic E-state index is 0.741. The van der Waals surface area contributed by atoms with Crippen molar-refractivity contribution in [2.75, 3.05) is 5.73 Å². The highest BCUT2D eigenvalue weighted by Crippen LogP contribution is 2.16. The van der Waals surface area contributed by atoms with Gasteiger partial charge in [0.25, 0.3) is 0 Å². The van der Waals surface area contributed by atoms with E-state index in [-0.39, 0.29) is 0 Å². The molecule has 2 rings (SSSR count). The predicted octanol–water partition coefficient (Wildman–Crippen LogP) is 2.96. The third kappa shape index (κ3) is 3.32. The van der Waals surface area contributed by atoms with E-state index in [0.29, 0.717) is 0 Å². The Hall–Kier alpha value is -1.84. The van der Waals surface area contributed by atoms with E-state index in [9.17, 15) is 0 Å². The first-order valence-corrected chi connectivity index (χ1v) is 6.40. The molecule has 0 fully saturated rings. The largest absolute Gasteiger partial charge is 0.399 e. The molecule has 1 aromatic carbocycles. The highest BCUT2D eigenvalue weighted by Gasteiger charge is 2.04. The zero-order chi connectivity index (χ0) is 13.0. The summed E-state index contributed by atoms with van der Waals surface area (Å²) in [6, 6.07) is 7.63. The maximum Gasteiger partial charge on any atom is 0.181 e. The van der Waals surface area contributed by atoms with Crippen molar-refractivity contribution in [3.05, 3.63) is 30.6 Å². The van der Waals surface area contributed by atoms with Gasteiger partial charge in [-0.25, -0.2) is 4.98 Å². The van der Waals surface area contributed by atoms with E-state index in [1.807, 2.05) is 28.9 Å². The second kappa shape index (κ2) is 5.67. The van der Waals surface area contributed by atoms with E-state index >= 15 is 0 Å². The number of nitrogen functional groups attached to an aromatic ring is 1. The molecule has 0 aliphatic carbocycles. The maximum atomic E-state index is 5.66. The third-order valence-corrected chi connectivity index (χ3v) is 2.87. The standard InChI is InChI=1S/C14H20N4/c1-11(2)4-3-9-18-10-16-14(17-18)12-5-7-13(15)8-6-12/h5-8,10-11H,3-4,9,15H2,1-2H3. The second-order valence-corrected chi connectivity index (χ2v) is 4.99. The lowest BCUT2D eigenvalue weighted by atomic mass is 10.1. The number of hydrogen-bond acceptors (Lipinski definition) is 3. The predicted molar refractivity (Wildman–Crippen MR) is 73.9 cm³/mol. The monoisotopic (exact) mass is 244 g/mol. The molecule has 4 nitrogen and oxygen atoms in total. The van der Waals surface area contributed by atoms with Crippen LogP contribution in [0.15, 0.2) is 30.6 Å². The van der Waals surface area contributed by atoms with Crippen LogP contribution in [0.1, 0.15) is 26.7 Å². The fraction of sp³-hybridized carbons (Fsp3) is 0.429. The molecule has 0 unspecified atom stereocenters. The van der Waals surface area contributed by atoms with Crippen molar-refractivity contribution in [2.45, 2.75) is 33.2 Å². The first-order valence-electron chi connectivity index (χ1n) is 6.40. The highest BCUT2D eigenvalue weighted by atomic mass is 15.3. The van der Waals surface area contributed by atoms with Crippen LogP contribution in [0.25, 0.3) is 11.4 Å². The van der Waals surface area contributed by atoms with Gasteiger partial charge in [0.2, 0.25) is 0 Å². The number of aryl methyl sites for hydroxylation is 1. The van der Waals surface area contributed by atoms with E-state index in [2.05, 4.69) is 23.9 Å². The summed E-state index contributed by atoms with van der Waals surface area (Å²) in [4.78, 5) is 4.32. The Kier molecular flexibility index (Phi) is 3.97. The SMILES string of the molecule is CC(C)CCCn1cnc(-c2ccc(N)cc2)n1. The minimum absolute atomic E-state index is 0.741. The molecule has 96 valence electrons. The lowest BCUT2D eigenvalue weighted by molar-refractivity contribution is 0.490. The van der Waals surface area contributed by atoms with Gasteiger partial charge in [-0.05, 0) is 43.0 Å². The van der Waals surface area contributed by atoms with Crippen LogP contribution < -0.4 is 5.73 Å². The van der Waals surface area contributed by atoms with Gasteiger partial charge in [-0.2, -0.15) is 5.10 Å². The van der Waals surface area contributed by atoms with Gasteiger partial charge in [-0.1, -0.05) is 13.8 Å².